The molecule has 0 aliphatic heterocycles. The van der Waals surface area contributed by atoms with Gasteiger partial charge in [-0.05, 0) is 17.7 Å². The van der Waals surface area contributed by atoms with Gasteiger partial charge in [0.15, 0.2) is 0 Å². The Labute approximate surface area is 106 Å². The Balaban J connectivity index is 2.19. The van der Waals surface area contributed by atoms with Gasteiger partial charge in [-0.1, -0.05) is 19.9 Å². The topological polar surface area (TPSA) is 67.0 Å². The first-order valence-electron chi connectivity index (χ1n) is 5.78. The van der Waals surface area contributed by atoms with Gasteiger partial charge in [-0.15, -0.1) is 0 Å². The molecule has 0 atom stereocenters. The Bertz CT molecular complexity index is 560. The number of carbonyl (C=O) groups is 1. The average Bonchev–Trinajstić information content (AvgIpc) is 2.83. The molecule has 1 heterocycles. The molecule has 0 aliphatic rings. The number of carbonyl (C=O) groups excluding carboxylic acids is 1. The van der Waals surface area contributed by atoms with Gasteiger partial charge in [0.1, 0.15) is 0 Å². The fourth-order valence-corrected chi connectivity index (χ4v) is 1.82. The van der Waals surface area contributed by atoms with Crippen LogP contribution >= 0.6 is 0 Å². The number of nitrogens with zero attached hydrogens (tertiary/aromatic N) is 1. The number of benzene rings is 1. The van der Waals surface area contributed by atoms with E-state index in [1.807, 2.05) is 12.1 Å². The lowest BCUT2D eigenvalue weighted by Crippen LogP contribution is -2.36. The normalized spacial score (nSPS) is 11.5. The van der Waals surface area contributed by atoms with Crippen LogP contribution in [0.15, 0.2) is 24.5 Å². The summed E-state index contributed by atoms with van der Waals surface area (Å²) in [7, 11) is 1.36. The summed E-state index contributed by atoms with van der Waals surface area (Å²) in [5.74, 6) is 0. The number of alkyl carbamates (subject to hydrolysis) is 1. The number of amides is 1. The molecular formula is C13H17N3O2. The van der Waals surface area contributed by atoms with E-state index in [1.165, 1.54) is 7.11 Å². The summed E-state index contributed by atoms with van der Waals surface area (Å²) in [6.45, 7) is 4.65. The van der Waals surface area contributed by atoms with Crippen molar-refractivity contribution >= 4 is 17.1 Å². The second-order valence-electron chi connectivity index (χ2n) is 4.86. The van der Waals surface area contributed by atoms with Crippen molar-refractivity contribution < 1.29 is 9.53 Å². The third kappa shape index (κ3) is 2.45. The van der Waals surface area contributed by atoms with E-state index in [4.69, 9.17) is 0 Å². The van der Waals surface area contributed by atoms with Gasteiger partial charge in [-0.3, -0.25) is 0 Å². The quantitative estimate of drug-likeness (QED) is 0.873. The van der Waals surface area contributed by atoms with Crippen molar-refractivity contribution in [2.75, 3.05) is 13.7 Å². The molecule has 96 valence electrons. The van der Waals surface area contributed by atoms with Gasteiger partial charge in [0.2, 0.25) is 0 Å². The smallest absolute Gasteiger partial charge is 0.406 e. The molecule has 5 nitrogen and oxygen atoms in total. The minimum absolute atomic E-state index is 0.173. The van der Waals surface area contributed by atoms with Gasteiger partial charge in [0.05, 0.1) is 24.5 Å². The van der Waals surface area contributed by atoms with Crippen molar-refractivity contribution in [1.82, 2.24) is 15.3 Å². The number of aromatic nitrogens is 2. The fraction of sp³-hybridized carbons (Fsp3) is 0.385. The van der Waals surface area contributed by atoms with Crippen LogP contribution < -0.4 is 5.32 Å². The first kappa shape index (κ1) is 12.4. The maximum atomic E-state index is 11.1. The molecule has 1 amide bonds. The second kappa shape index (κ2) is 4.68. The minimum Gasteiger partial charge on any atom is -0.453 e. The summed E-state index contributed by atoms with van der Waals surface area (Å²) >= 11 is 0. The molecule has 0 fully saturated rings. The van der Waals surface area contributed by atoms with E-state index in [2.05, 4.69) is 39.9 Å². The van der Waals surface area contributed by atoms with Crippen LogP contribution in [-0.2, 0) is 10.2 Å². The molecule has 2 rings (SSSR count). The third-order valence-electron chi connectivity index (χ3n) is 3.06. The van der Waals surface area contributed by atoms with Crippen molar-refractivity contribution in [1.29, 1.82) is 0 Å². The second-order valence-corrected chi connectivity index (χ2v) is 4.86. The molecule has 0 radical (unpaired) electrons. The van der Waals surface area contributed by atoms with Gasteiger partial charge in [0.25, 0.3) is 0 Å². The Morgan fingerprint density at radius 1 is 1.50 bits per heavy atom. The van der Waals surface area contributed by atoms with Crippen LogP contribution in [-0.4, -0.2) is 29.7 Å². The van der Waals surface area contributed by atoms with E-state index in [0.29, 0.717) is 6.54 Å². The van der Waals surface area contributed by atoms with E-state index in [-0.39, 0.29) is 5.41 Å². The lowest BCUT2D eigenvalue weighted by Gasteiger charge is -2.25. The number of ether oxygens (including phenoxy) is 1. The lowest BCUT2D eigenvalue weighted by atomic mass is 9.84. The van der Waals surface area contributed by atoms with E-state index >= 15 is 0 Å². The van der Waals surface area contributed by atoms with Gasteiger partial charge >= 0.3 is 6.09 Å². The van der Waals surface area contributed by atoms with Crippen LogP contribution in [0.3, 0.4) is 0 Å². The van der Waals surface area contributed by atoms with Crippen LogP contribution in [0.5, 0.6) is 0 Å². The molecule has 0 saturated carbocycles. The maximum Gasteiger partial charge on any atom is 0.406 e. The molecule has 0 spiro atoms. The number of hydrogen-bond acceptors (Lipinski definition) is 3. The fourth-order valence-electron chi connectivity index (χ4n) is 1.82. The van der Waals surface area contributed by atoms with Gasteiger partial charge in [0, 0.05) is 12.0 Å². The zero-order valence-corrected chi connectivity index (χ0v) is 10.8. The first-order chi connectivity index (χ1) is 8.53. The maximum absolute atomic E-state index is 11.1. The monoisotopic (exact) mass is 247 g/mol. The third-order valence-corrected chi connectivity index (χ3v) is 3.06. The molecule has 1 aromatic heterocycles. The Kier molecular flexibility index (Phi) is 3.23. The van der Waals surface area contributed by atoms with E-state index < -0.39 is 6.09 Å². The summed E-state index contributed by atoms with van der Waals surface area (Å²) in [6, 6.07) is 6.06. The number of hydrogen-bond donors (Lipinski definition) is 2. The van der Waals surface area contributed by atoms with Gasteiger partial charge < -0.3 is 15.0 Å². The highest BCUT2D eigenvalue weighted by Crippen LogP contribution is 2.24. The summed E-state index contributed by atoms with van der Waals surface area (Å²) in [6.07, 6.45) is 1.26. The zero-order chi connectivity index (χ0) is 13.2. The summed E-state index contributed by atoms with van der Waals surface area (Å²) in [4.78, 5) is 18.4. The minimum atomic E-state index is -0.411. The summed E-state index contributed by atoms with van der Waals surface area (Å²) < 4.78 is 4.57. The standard InChI is InChI=1S/C13H17N3O2/c1-13(2,7-14-12(17)18-3)9-4-5-10-11(6-9)16-8-15-10/h4-6,8H,7H2,1-3H3,(H,14,17)(H,15,16). The van der Waals surface area contributed by atoms with Gasteiger partial charge in [-0.25, -0.2) is 9.78 Å². The summed E-state index contributed by atoms with van der Waals surface area (Å²) in [5.41, 5.74) is 2.90. The highest BCUT2D eigenvalue weighted by Gasteiger charge is 2.22. The predicted octanol–water partition coefficient (Wildman–Crippen LogP) is 2.20. The van der Waals surface area contributed by atoms with Crippen molar-refractivity contribution in [2.45, 2.75) is 19.3 Å². The number of methoxy groups -OCH3 is 1. The molecule has 5 heteroatoms. The Morgan fingerprint density at radius 2 is 2.28 bits per heavy atom. The van der Waals surface area contributed by atoms with Crippen LogP contribution in [0.4, 0.5) is 4.79 Å². The molecule has 0 bridgehead atoms. The SMILES string of the molecule is COC(=O)NCC(C)(C)c1ccc2nc[nH]c2c1. The number of H-pyrrole nitrogens is 1. The zero-order valence-electron chi connectivity index (χ0n) is 10.8. The largest absolute Gasteiger partial charge is 0.453 e. The average molecular weight is 247 g/mol. The number of rotatable bonds is 3. The number of imidazole rings is 1. The molecule has 0 aliphatic carbocycles. The highest BCUT2D eigenvalue weighted by atomic mass is 16.5. The van der Waals surface area contributed by atoms with Crippen molar-refractivity contribution in [3.05, 3.63) is 30.1 Å². The molecule has 18 heavy (non-hydrogen) atoms. The van der Waals surface area contributed by atoms with Gasteiger partial charge in [-0.2, -0.15) is 0 Å². The van der Waals surface area contributed by atoms with Crippen molar-refractivity contribution in [3.8, 4) is 0 Å². The Hall–Kier alpha value is -2.04. The van der Waals surface area contributed by atoms with Crippen molar-refractivity contribution in [3.63, 3.8) is 0 Å². The van der Waals surface area contributed by atoms with Crippen LogP contribution in [0.2, 0.25) is 0 Å². The molecule has 2 aromatic rings. The number of nitrogens with one attached hydrogen (secondary N) is 2. The van der Waals surface area contributed by atoms with E-state index in [1.54, 1.807) is 6.33 Å². The number of fused-ring (bicyclic) bond motifs is 1. The lowest BCUT2D eigenvalue weighted by molar-refractivity contribution is 0.168. The molecule has 0 unspecified atom stereocenters. The van der Waals surface area contributed by atoms with Crippen molar-refractivity contribution in [2.24, 2.45) is 0 Å². The highest BCUT2D eigenvalue weighted by molar-refractivity contribution is 5.75. The molecule has 2 N–H and O–H groups in total. The molecule has 1 aromatic carbocycles. The molecule has 0 saturated heterocycles. The van der Waals surface area contributed by atoms with E-state index in [0.717, 1.165) is 16.6 Å². The Morgan fingerprint density at radius 3 is 3.00 bits per heavy atom. The van der Waals surface area contributed by atoms with Crippen LogP contribution in [0.1, 0.15) is 19.4 Å². The first-order valence-corrected chi connectivity index (χ1v) is 5.78. The van der Waals surface area contributed by atoms with Crippen LogP contribution in [0.25, 0.3) is 11.0 Å². The number of aromatic amines is 1. The predicted molar refractivity (Wildman–Crippen MR) is 69.5 cm³/mol. The van der Waals surface area contributed by atoms with E-state index in [9.17, 15) is 4.79 Å². The molecular weight excluding hydrogens is 230 g/mol. The van der Waals surface area contributed by atoms with Crippen LogP contribution in [0, 0.1) is 0 Å². The summed E-state index contributed by atoms with van der Waals surface area (Å²) in [5, 5.41) is 2.73.